The molecule has 2 N–H and O–H groups in total. The van der Waals surface area contributed by atoms with Gasteiger partial charge in [-0.1, -0.05) is 13.8 Å². The van der Waals surface area contributed by atoms with E-state index in [-0.39, 0.29) is 6.17 Å². The summed E-state index contributed by atoms with van der Waals surface area (Å²) >= 11 is 0. The van der Waals surface area contributed by atoms with E-state index in [1.165, 1.54) is 5.56 Å². The Morgan fingerprint density at radius 1 is 1.45 bits per heavy atom. The molecule has 1 rings (SSSR count). The molecule has 1 unspecified atom stereocenters. The van der Waals surface area contributed by atoms with Gasteiger partial charge in [0.15, 0.2) is 0 Å². The molecule has 0 aliphatic heterocycles. The third kappa shape index (κ3) is 1.80. The van der Waals surface area contributed by atoms with Gasteiger partial charge >= 0.3 is 0 Å². The maximum Gasteiger partial charge on any atom is 0.0960 e. The molecule has 3 nitrogen and oxygen atoms in total. The molecule has 1 aromatic rings. The minimum Gasteiger partial charge on any atom is -0.310 e. The second-order valence-electron chi connectivity index (χ2n) is 3.15. The number of aromatic nitrogens is 2. The van der Waals surface area contributed by atoms with Gasteiger partial charge in [-0.2, -0.15) is 5.10 Å². The molecule has 0 aromatic carbocycles. The zero-order chi connectivity index (χ0) is 8.43. The summed E-state index contributed by atoms with van der Waals surface area (Å²) in [6.07, 6.45) is 3.84. The average molecular weight is 153 g/mol. The lowest BCUT2D eigenvalue weighted by molar-refractivity contribution is 0.509. The fourth-order valence-electron chi connectivity index (χ4n) is 0.874. The summed E-state index contributed by atoms with van der Waals surface area (Å²) in [4.78, 5) is 0. The van der Waals surface area contributed by atoms with Gasteiger partial charge in [-0.15, -0.1) is 0 Å². The predicted molar refractivity (Wildman–Crippen MR) is 45.2 cm³/mol. The van der Waals surface area contributed by atoms with Gasteiger partial charge in [-0.25, -0.2) is 0 Å². The SMILES string of the molecule is CC(C)c1cnn(C(C)N)c1. The van der Waals surface area contributed by atoms with Crippen LogP contribution in [0.1, 0.15) is 38.4 Å². The highest BCUT2D eigenvalue weighted by Gasteiger charge is 2.03. The number of nitrogens with zero attached hydrogens (tertiary/aromatic N) is 2. The zero-order valence-electron chi connectivity index (χ0n) is 7.28. The van der Waals surface area contributed by atoms with Crippen molar-refractivity contribution in [2.75, 3.05) is 0 Å². The first-order chi connectivity index (χ1) is 5.11. The molecule has 0 saturated heterocycles. The molecule has 0 saturated carbocycles. The van der Waals surface area contributed by atoms with E-state index in [1.807, 2.05) is 19.3 Å². The smallest absolute Gasteiger partial charge is 0.0960 e. The molecule has 1 atom stereocenters. The summed E-state index contributed by atoms with van der Waals surface area (Å²) in [6, 6.07) is 0. The van der Waals surface area contributed by atoms with Crippen molar-refractivity contribution in [1.82, 2.24) is 9.78 Å². The lowest BCUT2D eigenvalue weighted by Gasteiger charge is -2.03. The number of nitrogens with two attached hydrogens (primary N) is 1. The third-order valence-electron chi connectivity index (χ3n) is 1.71. The molecular formula is C8H15N3. The molecule has 1 heterocycles. The highest BCUT2D eigenvalue weighted by Crippen LogP contribution is 2.13. The van der Waals surface area contributed by atoms with Crippen molar-refractivity contribution < 1.29 is 0 Å². The molecule has 62 valence electrons. The molecular weight excluding hydrogens is 138 g/mol. The van der Waals surface area contributed by atoms with Crippen molar-refractivity contribution >= 4 is 0 Å². The van der Waals surface area contributed by atoms with Crippen molar-refractivity contribution in [2.45, 2.75) is 32.9 Å². The van der Waals surface area contributed by atoms with Gasteiger partial charge < -0.3 is 5.73 Å². The van der Waals surface area contributed by atoms with Crippen LogP contribution in [-0.4, -0.2) is 9.78 Å². The van der Waals surface area contributed by atoms with E-state index >= 15 is 0 Å². The van der Waals surface area contributed by atoms with E-state index in [4.69, 9.17) is 5.73 Å². The number of hydrogen-bond acceptors (Lipinski definition) is 2. The minimum absolute atomic E-state index is 0.0255. The molecule has 0 amide bonds. The second kappa shape index (κ2) is 3.05. The molecule has 11 heavy (non-hydrogen) atoms. The lowest BCUT2D eigenvalue weighted by Crippen LogP contribution is -2.14. The summed E-state index contributed by atoms with van der Waals surface area (Å²) < 4.78 is 1.77. The Morgan fingerprint density at radius 2 is 2.09 bits per heavy atom. The molecule has 0 aliphatic carbocycles. The van der Waals surface area contributed by atoms with E-state index in [2.05, 4.69) is 18.9 Å². The van der Waals surface area contributed by atoms with Crippen molar-refractivity contribution in [2.24, 2.45) is 5.73 Å². The van der Waals surface area contributed by atoms with Crippen LogP contribution in [0.2, 0.25) is 0 Å². The van der Waals surface area contributed by atoms with Crippen molar-refractivity contribution in [3.8, 4) is 0 Å². The van der Waals surface area contributed by atoms with Gasteiger partial charge in [0.2, 0.25) is 0 Å². The van der Waals surface area contributed by atoms with Crippen LogP contribution in [0.5, 0.6) is 0 Å². The van der Waals surface area contributed by atoms with Gasteiger partial charge in [0.25, 0.3) is 0 Å². The normalized spacial score (nSPS) is 13.9. The van der Waals surface area contributed by atoms with Crippen molar-refractivity contribution in [1.29, 1.82) is 0 Å². The van der Waals surface area contributed by atoms with Gasteiger partial charge in [-0.05, 0) is 18.4 Å². The summed E-state index contributed by atoms with van der Waals surface area (Å²) in [5.74, 6) is 0.530. The largest absolute Gasteiger partial charge is 0.310 e. The average Bonchev–Trinajstić information content (AvgIpc) is 2.33. The van der Waals surface area contributed by atoms with E-state index in [0.29, 0.717) is 5.92 Å². The Labute approximate surface area is 67.2 Å². The predicted octanol–water partition coefficient (Wildman–Crippen LogP) is 1.48. The van der Waals surface area contributed by atoms with E-state index < -0.39 is 0 Å². The molecule has 3 heteroatoms. The second-order valence-corrected chi connectivity index (χ2v) is 3.15. The number of rotatable bonds is 2. The molecule has 0 fully saturated rings. The van der Waals surface area contributed by atoms with Crippen molar-refractivity contribution in [3.63, 3.8) is 0 Å². The van der Waals surface area contributed by atoms with Gasteiger partial charge in [0.05, 0.1) is 12.4 Å². The van der Waals surface area contributed by atoms with Crippen LogP contribution in [-0.2, 0) is 0 Å². The lowest BCUT2D eigenvalue weighted by atomic mass is 10.1. The topological polar surface area (TPSA) is 43.8 Å². The Kier molecular flexibility index (Phi) is 2.29. The van der Waals surface area contributed by atoms with Crippen LogP contribution in [0.25, 0.3) is 0 Å². The van der Waals surface area contributed by atoms with Gasteiger partial charge in [-0.3, -0.25) is 4.68 Å². The first-order valence-corrected chi connectivity index (χ1v) is 3.91. The van der Waals surface area contributed by atoms with Crippen LogP contribution in [0.15, 0.2) is 12.4 Å². The standard InChI is InChI=1S/C8H15N3/c1-6(2)8-4-10-11(5-8)7(3)9/h4-7H,9H2,1-3H3. The molecule has 0 radical (unpaired) electrons. The van der Waals surface area contributed by atoms with Crippen LogP contribution in [0, 0.1) is 0 Å². The van der Waals surface area contributed by atoms with E-state index in [0.717, 1.165) is 0 Å². The van der Waals surface area contributed by atoms with E-state index in [9.17, 15) is 0 Å². The summed E-state index contributed by atoms with van der Waals surface area (Å²) in [7, 11) is 0. The van der Waals surface area contributed by atoms with Crippen LogP contribution < -0.4 is 5.73 Å². The van der Waals surface area contributed by atoms with Crippen molar-refractivity contribution in [3.05, 3.63) is 18.0 Å². The number of hydrogen-bond donors (Lipinski definition) is 1. The summed E-state index contributed by atoms with van der Waals surface area (Å²) in [5.41, 5.74) is 6.87. The Balaban J connectivity index is 2.82. The molecule has 0 aliphatic rings. The first kappa shape index (κ1) is 8.27. The molecule has 1 aromatic heterocycles. The minimum atomic E-state index is -0.0255. The summed E-state index contributed by atoms with van der Waals surface area (Å²) in [5, 5.41) is 4.13. The molecule has 0 bridgehead atoms. The van der Waals surface area contributed by atoms with Gasteiger partial charge in [0.1, 0.15) is 0 Å². The fraction of sp³-hybridized carbons (Fsp3) is 0.625. The monoisotopic (exact) mass is 153 g/mol. The van der Waals surface area contributed by atoms with E-state index in [1.54, 1.807) is 4.68 Å². The molecule has 0 spiro atoms. The highest BCUT2D eigenvalue weighted by molar-refractivity contribution is 5.08. The van der Waals surface area contributed by atoms with Gasteiger partial charge in [0, 0.05) is 6.20 Å². The maximum atomic E-state index is 5.63. The van der Waals surface area contributed by atoms with Crippen LogP contribution in [0.3, 0.4) is 0 Å². The maximum absolute atomic E-state index is 5.63. The summed E-state index contributed by atoms with van der Waals surface area (Å²) in [6.45, 7) is 6.20. The Bertz CT molecular complexity index is 202. The fourth-order valence-corrected chi connectivity index (χ4v) is 0.874. The Hall–Kier alpha value is -0.830. The third-order valence-corrected chi connectivity index (χ3v) is 1.71. The highest BCUT2D eigenvalue weighted by atomic mass is 15.3. The van der Waals surface area contributed by atoms with Crippen LogP contribution >= 0.6 is 0 Å². The van der Waals surface area contributed by atoms with Crippen LogP contribution in [0.4, 0.5) is 0 Å². The zero-order valence-corrected chi connectivity index (χ0v) is 7.28. The first-order valence-electron chi connectivity index (χ1n) is 3.91. The quantitative estimate of drug-likeness (QED) is 0.699. The Morgan fingerprint density at radius 3 is 2.36 bits per heavy atom.